The fourth-order valence-corrected chi connectivity index (χ4v) is 0. The molecule has 0 amide bonds. The second-order valence-electron chi connectivity index (χ2n) is 4.92. The zero-order valence-corrected chi connectivity index (χ0v) is 56.7. The minimum Gasteiger partial charge on any atom is -0.822 e. The summed E-state index contributed by atoms with van der Waals surface area (Å²) in [5.74, 6) is 0. The summed E-state index contributed by atoms with van der Waals surface area (Å²) in [5, 5.41) is 0. The Morgan fingerprint density at radius 3 is 0.154 bits per heavy atom. The van der Waals surface area contributed by atoms with Crippen LogP contribution in [-0.2, 0) is 172 Å². The van der Waals surface area contributed by atoms with Gasteiger partial charge in [0, 0.05) is 0 Å². The van der Waals surface area contributed by atoms with Crippen LogP contribution in [0.4, 0.5) is 0 Å². The summed E-state index contributed by atoms with van der Waals surface area (Å²) < 4.78 is 94.0. The van der Waals surface area contributed by atoms with Gasteiger partial charge in [0.05, 0.1) is 0 Å². The van der Waals surface area contributed by atoms with E-state index in [4.69, 9.17) is 212 Å². The van der Waals surface area contributed by atoms with E-state index in [2.05, 4.69) is 0 Å². The maximum atomic E-state index is 8.55. The van der Waals surface area contributed by atoms with E-state index in [9.17, 15) is 0 Å². The molecule has 0 unspecified atom stereocenters. The van der Waals surface area contributed by atoms with Crippen LogP contribution in [-0.4, -0.2) is 57.6 Å². The summed E-state index contributed by atoms with van der Waals surface area (Å²) in [6, 6.07) is 0. The van der Waals surface area contributed by atoms with Crippen molar-refractivity contribution in [1.29, 1.82) is 0 Å². The molecule has 65 heteroatoms. The van der Waals surface area contributed by atoms with Crippen molar-refractivity contribution in [3.05, 3.63) is 0 Å². The summed E-state index contributed by atoms with van der Waals surface area (Å²) in [6.07, 6.45) is 0. The predicted octanol–water partition coefficient (Wildman–Crippen LogP) is -33.1. The maximum Gasteiger partial charge on any atom is 6.00 e. The molecule has 65 heavy (non-hydrogen) atoms. The van der Waals surface area contributed by atoms with Crippen LogP contribution in [0.2, 0.25) is 0 Å². The Morgan fingerprint density at radius 2 is 0.154 bits per heavy atom. The molecule has 0 bridgehead atoms. The Hall–Kier alpha value is 6.70. The van der Waals surface area contributed by atoms with Crippen LogP contribution < -0.4 is 161 Å². The molecule has 0 saturated carbocycles. The van der Waals surface area contributed by atoms with Gasteiger partial charge in [-0.25, -0.2) is 0 Å². The number of phosphoric acid groups is 11. The van der Waals surface area contributed by atoms with E-state index in [-0.39, 0.29) is 179 Å². The molecule has 0 atom stereocenters. The van der Waals surface area contributed by atoms with Crippen molar-refractivity contribution in [2.75, 3.05) is 0 Å². The zero-order valence-electron chi connectivity index (χ0n) is 28.5. The molecule has 0 fully saturated rings. The molecule has 0 rings (SSSR count). The second kappa shape index (κ2) is 65.0. The van der Waals surface area contributed by atoms with Crippen molar-refractivity contribution < 1.29 is 339 Å². The quantitative estimate of drug-likeness (QED) is 0.160. The Kier molecular flexibility index (Phi) is 139. The first-order valence-corrected chi connectivity index (χ1v) is 24.1. The van der Waals surface area contributed by atoms with Gasteiger partial charge >= 0.3 is 174 Å². The maximum absolute atomic E-state index is 8.55. The van der Waals surface area contributed by atoms with E-state index in [0.717, 1.165) is 0 Å². The van der Waals surface area contributed by atoms with Crippen LogP contribution in [0.15, 0.2) is 0 Å². The first-order chi connectivity index (χ1) is 22.0. The minimum atomic E-state index is -5.39. The van der Waals surface area contributed by atoms with Gasteiger partial charge in [-0.1, -0.05) is 0 Å². The fourth-order valence-electron chi connectivity index (χ4n) is 0. The smallest absolute Gasteiger partial charge is 0.822 e. The Labute approximate surface area is 472 Å². The van der Waals surface area contributed by atoms with Crippen molar-refractivity contribution in [1.82, 2.24) is 0 Å². The molecule has 0 saturated heterocycles. The van der Waals surface area contributed by atoms with E-state index in [1.807, 2.05) is 0 Å². The number of hydrogen-bond acceptors (Lipinski definition) is 44. The summed E-state index contributed by atoms with van der Waals surface area (Å²) >= 11 is 0. The van der Waals surface area contributed by atoms with Gasteiger partial charge < -0.3 is 217 Å². The molecular weight excluding hydrogens is 1630 g/mol. The Morgan fingerprint density at radius 1 is 0.154 bits per heavy atom. The summed E-state index contributed by atoms with van der Waals surface area (Å²) in [4.78, 5) is 282. The van der Waals surface area contributed by atoms with Crippen LogP contribution in [0.25, 0.3) is 0 Å². The van der Waals surface area contributed by atoms with Gasteiger partial charge in [0.1, 0.15) is 0 Å². The standard InChI is InChI=1S/3Al.3Mo.11H3O4P.H2O.3Zn/c;;;;;;11*1-5(2,3)4;;;;/h;;;;;;11*(H3,1,2,3,4);1H2;;;/q3*+3;3*+6;;;;;;;;;;;;;3*+2/p-33. The fraction of sp³-hybridized carbons (Fsp3) is 0. The second-order valence-corrected chi connectivity index (χ2v) is 14.8. The minimum absolute atomic E-state index is 0. The largest absolute Gasteiger partial charge is 6.00 e. The summed E-state index contributed by atoms with van der Waals surface area (Å²) in [6.45, 7) is 0. The molecule has 0 spiro atoms. The Balaban J connectivity index is -0.0000000170. The van der Waals surface area contributed by atoms with E-state index in [1.54, 1.807) is 0 Å². The van der Waals surface area contributed by atoms with E-state index >= 15 is 0 Å². The van der Waals surface area contributed by atoms with E-state index < -0.39 is 86.0 Å². The molecule has 360 valence electrons. The number of rotatable bonds is 0. The van der Waals surface area contributed by atoms with Gasteiger partial charge in [-0.05, 0) is 0 Å². The third kappa shape index (κ3) is 7430. The average Bonchev–Trinajstić information content (AvgIpc) is 2.41. The molecule has 0 radical (unpaired) electrons. The van der Waals surface area contributed by atoms with Gasteiger partial charge in [0.15, 0.2) is 0 Å². The van der Waals surface area contributed by atoms with Crippen LogP contribution in [0.3, 0.4) is 0 Å². The van der Waals surface area contributed by atoms with Crippen molar-refractivity contribution >= 4 is 138 Å². The first kappa shape index (κ1) is 139. The van der Waals surface area contributed by atoms with Gasteiger partial charge in [0.25, 0.3) is 0 Å². The van der Waals surface area contributed by atoms with Crippen LogP contribution in [0.5, 0.6) is 0 Å². The molecule has 0 aromatic carbocycles. The van der Waals surface area contributed by atoms with Gasteiger partial charge in [-0.15, -0.1) is 0 Å². The molecule has 0 aliphatic heterocycles. The monoisotopic (exact) mass is 1630 g/mol. The molecule has 0 aliphatic carbocycles. The summed E-state index contributed by atoms with van der Waals surface area (Å²) in [5.41, 5.74) is 0. The van der Waals surface area contributed by atoms with E-state index in [0.29, 0.717) is 0 Å². The topological polar surface area (TPSA) is 980 Å². The van der Waals surface area contributed by atoms with E-state index in [1.165, 1.54) is 0 Å². The average molecular weight is 1630 g/mol. The molecule has 0 heterocycles. The first-order valence-electron chi connectivity index (χ1n) is 8.03. The molecular formula is H2Al3Mo3O45P11Zn3. The molecule has 2 N–H and O–H groups in total. The number of hydrogen-bond donors (Lipinski definition) is 0. The zero-order chi connectivity index (χ0) is 49.5. The van der Waals surface area contributed by atoms with Crippen molar-refractivity contribution in [2.24, 2.45) is 0 Å². The molecule has 45 nitrogen and oxygen atoms in total. The normalized spacial score (nSPS) is 9.98. The molecule has 0 aromatic rings. The third-order valence-electron chi connectivity index (χ3n) is 0. The predicted molar refractivity (Wildman–Crippen MR) is 105 cm³/mol. The van der Waals surface area contributed by atoms with Crippen molar-refractivity contribution in [3.63, 3.8) is 0 Å². The summed E-state index contributed by atoms with van der Waals surface area (Å²) in [7, 11) is -59.3. The molecule has 0 aromatic heterocycles. The molecule has 0 aliphatic rings. The van der Waals surface area contributed by atoms with Crippen LogP contribution in [0.1, 0.15) is 0 Å². The van der Waals surface area contributed by atoms with Gasteiger partial charge in [-0.2, -0.15) is 86.0 Å². The van der Waals surface area contributed by atoms with Crippen LogP contribution in [0, 0.1) is 0 Å². The van der Waals surface area contributed by atoms with Gasteiger partial charge in [-0.3, -0.25) is 0 Å². The van der Waals surface area contributed by atoms with Crippen molar-refractivity contribution in [3.8, 4) is 0 Å². The third-order valence-corrected chi connectivity index (χ3v) is 0. The van der Waals surface area contributed by atoms with Gasteiger partial charge in [0.2, 0.25) is 0 Å². The van der Waals surface area contributed by atoms with Crippen molar-refractivity contribution in [2.45, 2.75) is 0 Å². The van der Waals surface area contributed by atoms with Crippen LogP contribution >= 0.6 is 86.0 Å². The SMILES string of the molecule is O.O=P([O-])([O-])[O-].O=P([O-])([O-])[O-].O=P([O-])([O-])[O-].O=P([O-])([O-])[O-].O=P([O-])([O-])[O-].O=P([O-])([O-])[O-].O=P([O-])([O-])[O-].O=P([O-])([O-])[O-].O=P([O-])([O-])[O-].O=P([O-])([O-])[O-].O=P([O-])([O-])[O-].[Al+3].[Al+3].[Al+3].[Mo+6].[Mo+6].[Mo+6].[Zn+2].[Zn+2].[Zn+2]. The Bertz CT molecular complexity index is 980.